The molecule has 1 aliphatic rings. The number of benzene rings is 1. The molecule has 0 spiro atoms. The van der Waals surface area contributed by atoms with Crippen LogP contribution >= 0.6 is 11.3 Å². The van der Waals surface area contributed by atoms with Crippen LogP contribution in [0.25, 0.3) is 10.1 Å². The molecule has 20 heavy (non-hydrogen) atoms. The summed E-state index contributed by atoms with van der Waals surface area (Å²) in [5, 5.41) is 3.25. The molecule has 1 amide bonds. The van der Waals surface area contributed by atoms with Gasteiger partial charge in [-0.3, -0.25) is 4.79 Å². The fourth-order valence-corrected chi connectivity index (χ4v) is 3.60. The molecule has 5 heteroatoms. The first-order valence-electron chi connectivity index (χ1n) is 6.91. The minimum atomic E-state index is -0.371. The number of nitrogens with one attached hydrogen (secondary N) is 1. The lowest BCUT2D eigenvalue weighted by Gasteiger charge is -2.25. The van der Waals surface area contributed by atoms with E-state index in [4.69, 9.17) is 5.73 Å². The molecule has 106 valence electrons. The van der Waals surface area contributed by atoms with Crippen molar-refractivity contribution in [3.05, 3.63) is 28.9 Å². The van der Waals surface area contributed by atoms with Gasteiger partial charge in [-0.2, -0.15) is 0 Å². The molecule has 2 aromatic rings. The second-order valence-corrected chi connectivity index (χ2v) is 6.35. The van der Waals surface area contributed by atoms with Crippen LogP contribution in [0.1, 0.15) is 35.4 Å². The molecule has 1 fully saturated rings. The van der Waals surface area contributed by atoms with E-state index in [0.717, 1.165) is 12.3 Å². The van der Waals surface area contributed by atoms with E-state index in [9.17, 15) is 9.18 Å². The van der Waals surface area contributed by atoms with Crippen LogP contribution in [-0.4, -0.2) is 12.5 Å². The highest BCUT2D eigenvalue weighted by atomic mass is 32.1. The van der Waals surface area contributed by atoms with Gasteiger partial charge in [0.25, 0.3) is 5.91 Å². The van der Waals surface area contributed by atoms with Crippen LogP contribution in [0.4, 0.5) is 10.1 Å². The first-order valence-corrected chi connectivity index (χ1v) is 7.73. The number of rotatable bonds is 4. The smallest absolute Gasteiger partial charge is 0.263 e. The standard InChI is InChI=1S/C15H17FN2OS/c16-10-5-2-6-11-12(10)13(17)14(20-11)15(19)18-8-7-9-3-1-4-9/h2,5-6,9H,1,3-4,7-8,17H2,(H,18,19). The van der Waals surface area contributed by atoms with Crippen molar-refractivity contribution < 1.29 is 9.18 Å². The minimum Gasteiger partial charge on any atom is -0.397 e. The number of hydrogen-bond donors (Lipinski definition) is 2. The fourth-order valence-electron chi connectivity index (χ4n) is 2.55. The van der Waals surface area contributed by atoms with E-state index in [-0.39, 0.29) is 17.4 Å². The molecular formula is C15H17FN2OS. The van der Waals surface area contributed by atoms with Crippen LogP contribution in [0.15, 0.2) is 18.2 Å². The molecule has 3 nitrogen and oxygen atoms in total. The van der Waals surface area contributed by atoms with Gasteiger partial charge in [0.05, 0.1) is 11.1 Å². The molecule has 1 aromatic carbocycles. The number of amides is 1. The Balaban J connectivity index is 1.73. The first-order chi connectivity index (χ1) is 9.66. The van der Waals surface area contributed by atoms with E-state index in [1.807, 2.05) is 0 Å². The summed E-state index contributed by atoms with van der Waals surface area (Å²) < 4.78 is 14.4. The molecule has 0 atom stereocenters. The lowest BCUT2D eigenvalue weighted by molar-refractivity contribution is 0.0954. The third-order valence-corrected chi connectivity index (χ3v) is 5.14. The molecular weight excluding hydrogens is 275 g/mol. The normalized spacial score (nSPS) is 15.2. The van der Waals surface area contributed by atoms with Gasteiger partial charge in [0.1, 0.15) is 10.7 Å². The Bertz CT molecular complexity index is 649. The van der Waals surface area contributed by atoms with Crippen molar-refractivity contribution in [2.45, 2.75) is 25.7 Å². The first kappa shape index (κ1) is 13.4. The van der Waals surface area contributed by atoms with Crippen molar-refractivity contribution >= 4 is 33.0 Å². The number of halogens is 1. The monoisotopic (exact) mass is 292 g/mol. The summed E-state index contributed by atoms with van der Waals surface area (Å²) in [6.45, 7) is 0.666. The van der Waals surface area contributed by atoms with Crippen LogP contribution < -0.4 is 11.1 Å². The molecule has 3 rings (SSSR count). The molecule has 0 aliphatic heterocycles. The van der Waals surface area contributed by atoms with E-state index >= 15 is 0 Å². The number of carbonyl (C=O) groups excluding carboxylic acids is 1. The summed E-state index contributed by atoms with van der Waals surface area (Å²) in [6, 6.07) is 4.78. The number of hydrogen-bond acceptors (Lipinski definition) is 3. The summed E-state index contributed by atoms with van der Waals surface area (Å²) in [7, 11) is 0. The number of nitrogens with two attached hydrogens (primary N) is 1. The zero-order valence-electron chi connectivity index (χ0n) is 11.1. The van der Waals surface area contributed by atoms with Crippen LogP contribution in [0.2, 0.25) is 0 Å². The molecule has 0 saturated heterocycles. The number of carbonyl (C=O) groups is 1. The van der Waals surface area contributed by atoms with Crippen molar-refractivity contribution in [2.75, 3.05) is 12.3 Å². The van der Waals surface area contributed by atoms with Crippen LogP contribution in [-0.2, 0) is 0 Å². The van der Waals surface area contributed by atoms with Gasteiger partial charge < -0.3 is 11.1 Å². The SMILES string of the molecule is Nc1c(C(=O)NCCC2CCC2)sc2cccc(F)c12. The van der Waals surface area contributed by atoms with E-state index in [2.05, 4.69) is 5.32 Å². The van der Waals surface area contributed by atoms with Crippen molar-refractivity contribution in [3.8, 4) is 0 Å². The van der Waals surface area contributed by atoms with E-state index in [1.54, 1.807) is 12.1 Å². The predicted octanol–water partition coefficient (Wildman–Crippen LogP) is 3.54. The quantitative estimate of drug-likeness (QED) is 0.905. The highest BCUT2D eigenvalue weighted by molar-refractivity contribution is 7.21. The van der Waals surface area contributed by atoms with Crippen molar-refractivity contribution in [3.63, 3.8) is 0 Å². The number of fused-ring (bicyclic) bond motifs is 1. The third-order valence-electron chi connectivity index (χ3n) is 3.97. The molecule has 0 radical (unpaired) electrons. The Morgan fingerprint density at radius 2 is 2.25 bits per heavy atom. The van der Waals surface area contributed by atoms with Gasteiger partial charge in [-0.15, -0.1) is 11.3 Å². The molecule has 1 heterocycles. The maximum Gasteiger partial charge on any atom is 0.263 e. The third kappa shape index (κ3) is 2.38. The second kappa shape index (κ2) is 5.40. The Kier molecular flexibility index (Phi) is 3.61. The second-order valence-electron chi connectivity index (χ2n) is 5.30. The Morgan fingerprint density at radius 1 is 1.45 bits per heavy atom. The highest BCUT2D eigenvalue weighted by Crippen LogP contribution is 2.35. The summed E-state index contributed by atoms with van der Waals surface area (Å²) in [4.78, 5) is 12.5. The summed E-state index contributed by atoms with van der Waals surface area (Å²) in [5.74, 6) is 0.194. The van der Waals surface area contributed by atoms with Crippen LogP contribution in [0, 0.1) is 11.7 Å². The average Bonchev–Trinajstić information content (AvgIpc) is 2.71. The van der Waals surface area contributed by atoms with E-state index in [0.29, 0.717) is 21.5 Å². The topological polar surface area (TPSA) is 55.1 Å². The fraction of sp³-hybridized carbons (Fsp3) is 0.400. The average molecular weight is 292 g/mol. The highest BCUT2D eigenvalue weighted by Gasteiger charge is 2.20. The number of anilines is 1. The van der Waals surface area contributed by atoms with Crippen LogP contribution in [0.5, 0.6) is 0 Å². The lowest BCUT2D eigenvalue weighted by atomic mass is 9.83. The molecule has 0 bridgehead atoms. The van der Waals surface area contributed by atoms with Gasteiger partial charge in [-0.1, -0.05) is 25.3 Å². The minimum absolute atomic E-state index is 0.192. The molecule has 1 saturated carbocycles. The maximum atomic E-state index is 13.7. The van der Waals surface area contributed by atoms with Gasteiger partial charge in [0.15, 0.2) is 0 Å². The largest absolute Gasteiger partial charge is 0.397 e. The summed E-state index contributed by atoms with van der Waals surface area (Å²) in [6.07, 6.45) is 4.87. The Labute approximate surface area is 121 Å². The van der Waals surface area contributed by atoms with Gasteiger partial charge >= 0.3 is 0 Å². The summed E-state index contributed by atoms with van der Waals surface area (Å²) in [5.41, 5.74) is 6.17. The zero-order chi connectivity index (χ0) is 14.1. The lowest BCUT2D eigenvalue weighted by Crippen LogP contribution is -2.27. The van der Waals surface area contributed by atoms with E-state index in [1.165, 1.54) is 36.7 Å². The maximum absolute atomic E-state index is 13.7. The Morgan fingerprint density at radius 3 is 2.90 bits per heavy atom. The van der Waals surface area contributed by atoms with Gasteiger partial charge in [-0.25, -0.2) is 4.39 Å². The summed E-state index contributed by atoms with van der Waals surface area (Å²) >= 11 is 1.25. The van der Waals surface area contributed by atoms with Crippen molar-refractivity contribution in [2.24, 2.45) is 5.92 Å². The molecule has 0 unspecified atom stereocenters. The van der Waals surface area contributed by atoms with Crippen molar-refractivity contribution in [1.29, 1.82) is 0 Å². The van der Waals surface area contributed by atoms with Crippen molar-refractivity contribution in [1.82, 2.24) is 5.32 Å². The zero-order valence-corrected chi connectivity index (χ0v) is 11.9. The van der Waals surface area contributed by atoms with Gasteiger partial charge in [0, 0.05) is 11.2 Å². The Hall–Kier alpha value is -1.62. The molecule has 1 aliphatic carbocycles. The molecule has 1 aromatic heterocycles. The molecule has 3 N–H and O–H groups in total. The van der Waals surface area contributed by atoms with Crippen LogP contribution in [0.3, 0.4) is 0 Å². The number of thiophene rings is 1. The predicted molar refractivity (Wildman–Crippen MR) is 80.5 cm³/mol. The van der Waals surface area contributed by atoms with Gasteiger partial charge in [0.2, 0.25) is 0 Å². The van der Waals surface area contributed by atoms with Gasteiger partial charge in [-0.05, 0) is 24.5 Å². The van der Waals surface area contributed by atoms with E-state index < -0.39 is 0 Å². The number of nitrogen functional groups attached to an aromatic ring is 1.